The van der Waals surface area contributed by atoms with E-state index in [1.165, 1.54) is 0 Å². The van der Waals surface area contributed by atoms with Gasteiger partial charge >= 0.3 is 0 Å². The summed E-state index contributed by atoms with van der Waals surface area (Å²) in [7, 11) is 1.61. The number of nitrogens with zero attached hydrogens (tertiary/aromatic N) is 4. The van der Waals surface area contributed by atoms with Crippen molar-refractivity contribution in [2.75, 3.05) is 25.6 Å². The van der Waals surface area contributed by atoms with E-state index in [4.69, 9.17) is 9.73 Å². The zero-order valence-electron chi connectivity index (χ0n) is 25.0. The quantitative estimate of drug-likeness (QED) is 0.266. The van der Waals surface area contributed by atoms with E-state index >= 15 is 0 Å². The molecule has 1 aromatic heterocycles. The van der Waals surface area contributed by atoms with Crippen LogP contribution < -0.4 is 15.7 Å². The summed E-state index contributed by atoms with van der Waals surface area (Å²) in [6, 6.07) is 17.9. The smallest absolute Gasteiger partial charge is 0.290 e. The molecule has 0 radical (unpaired) electrons. The van der Waals surface area contributed by atoms with Crippen molar-refractivity contribution in [3.8, 4) is 17.7 Å². The SMILES string of the molecule is CCCCN(CCCC)C1N=C(c2cccc(OC)c2)/C(=C/c2c(C)c(C#N)c(=O)n(NC(=O)c3ccccc3)c2O)S1. The topological polar surface area (TPSA) is 120 Å². The first-order valence-corrected chi connectivity index (χ1v) is 15.3. The van der Waals surface area contributed by atoms with Crippen LogP contribution in [0.15, 0.2) is 69.3 Å². The second-order valence-corrected chi connectivity index (χ2v) is 11.3. The average molecular weight is 600 g/mol. The van der Waals surface area contributed by atoms with Gasteiger partial charge in [0.25, 0.3) is 11.5 Å². The molecule has 4 rings (SSSR count). The molecule has 10 heteroatoms. The number of amides is 1. The Morgan fingerprint density at radius 3 is 2.49 bits per heavy atom. The number of aromatic nitrogens is 1. The summed E-state index contributed by atoms with van der Waals surface area (Å²) >= 11 is 1.56. The number of hydrogen-bond acceptors (Lipinski definition) is 8. The Labute approximate surface area is 256 Å². The van der Waals surface area contributed by atoms with E-state index in [0.29, 0.717) is 16.9 Å². The number of ether oxygens (including phenoxy) is 1. The Morgan fingerprint density at radius 1 is 1.16 bits per heavy atom. The Morgan fingerprint density at radius 2 is 1.86 bits per heavy atom. The molecule has 1 aliphatic rings. The number of carbonyl (C=O) groups excluding carboxylic acids is 1. The number of hydrogen-bond donors (Lipinski definition) is 2. The second kappa shape index (κ2) is 14.7. The molecule has 2 aromatic carbocycles. The fraction of sp³-hybridized carbons (Fsp3) is 0.333. The summed E-state index contributed by atoms with van der Waals surface area (Å²) in [6.45, 7) is 7.74. The molecule has 1 unspecified atom stereocenters. The minimum atomic E-state index is -0.812. The minimum Gasteiger partial charge on any atom is -0.497 e. The predicted octanol–water partition coefficient (Wildman–Crippen LogP) is 5.89. The maximum Gasteiger partial charge on any atom is 0.290 e. The van der Waals surface area contributed by atoms with Crippen molar-refractivity contribution < 1.29 is 14.6 Å². The van der Waals surface area contributed by atoms with Gasteiger partial charge in [-0.1, -0.05) is 68.8 Å². The lowest BCUT2D eigenvalue weighted by atomic mass is 10.0. The maximum absolute atomic E-state index is 13.2. The van der Waals surface area contributed by atoms with Crippen LogP contribution in [0.1, 0.15) is 72.1 Å². The number of carbonyl (C=O) groups is 1. The number of thioether (sulfide) groups is 1. The van der Waals surface area contributed by atoms with Gasteiger partial charge in [-0.05, 0) is 55.7 Å². The highest BCUT2D eigenvalue weighted by molar-refractivity contribution is 8.05. The summed E-state index contributed by atoms with van der Waals surface area (Å²) in [5.41, 5.74) is 3.71. The van der Waals surface area contributed by atoms with E-state index < -0.39 is 17.3 Å². The molecule has 0 saturated carbocycles. The molecule has 224 valence electrons. The van der Waals surface area contributed by atoms with E-state index in [9.17, 15) is 20.0 Å². The van der Waals surface area contributed by atoms with Crippen LogP contribution in [0, 0.1) is 18.3 Å². The maximum atomic E-state index is 13.2. The summed E-state index contributed by atoms with van der Waals surface area (Å²) < 4.78 is 6.21. The Bertz CT molecular complexity index is 1620. The van der Waals surface area contributed by atoms with Gasteiger partial charge in [0.15, 0.2) is 5.50 Å². The molecule has 0 saturated heterocycles. The highest BCUT2D eigenvalue weighted by atomic mass is 32.2. The van der Waals surface area contributed by atoms with Crippen LogP contribution in [0.3, 0.4) is 0 Å². The number of nitrogens with one attached hydrogen (secondary N) is 1. The summed E-state index contributed by atoms with van der Waals surface area (Å²) in [4.78, 5) is 34.4. The van der Waals surface area contributed by atoms with Gasteiger partial charge in [-0.2, -0.15) is 9.94 Å². The first-order valence-electron chi connectivity index (χ1n) is 14.4. The van der Waals surface area contributed by atoms with Crippen LogP contribution >= 0.6 is 11.8 Å². The van der Waals surface area contributed by atoms with Gasteiger partial charge in [0.2, 0.25) is 5.88 Å². The van der Waals surface area contributed by atoms with Crippen LogP contribution in [0.5, 0.6) is 11.6 Å². The average Bonchev–Trinajstić information content (AvgIpc) is 3.45. The molecule has 2 heterocycles. The lowest BCUT2D eigenvalue weighted by Crippen LogP contribution is -2.35. The van der Waals surface area contributed by atoms with E-state index in [1.54, 1.807) is 62.2 Å². The lowest BCUT2D eigenvalue weighted by molar-refractivity contribution is 0.100. The standard InChI is InChI=1S/C33H37N5O4S/c1-5-7-17-37(18-8-6-2)33-35-29(24-15-12-16-25(19-24)42-4)28(43-33)20-26-22(3)27(21-34)32(41)38(31(26)40)36-30(39)23-13-10-9-11-14-23/h9-16,19-20,33,40H,5-8,17-18H2,1-4H3,(H,36,39)/b28-20-. The second-order valence-electron chi connectivity index (χ2n) is 10.2. The number of benzene rings is 2. The van der Waals surface area contributed by atoms with Crippen LogP contribution in [-0.4, -0.2) is 52.0 Å². The van der Waals surface area contributed by atoms with Gasteiger partial charge < -0.3 is 9.84 Å². The number of aliphatic imine (C=N–C) groups is 1. The fourth-order valence-corrected chi connectivity index (χ4v) is 5.97. The molecule has 1 aliphatic heterocycles. The number of allylic oxidation sites excluding steroid dienone is 1. The van der Waals surface area contributed by atoms with E-state index in [0.717, 1.165) is 59.6 Å². The Hall–Kier alpha value is -4.33. The van der Waals surface area contributed by atoms with Gasteiger partial charge in [-0.15, -0.1) is 0 Å². The molecule has 0 spiro atoms. The lowest BCUT2D eigenvalue weighted by Gasteiger charge is -2.25. The van der Waals surface area contributed by atoms with Crippen molar-refractivity contribution >= 4 is 29.5 Å². The summed E-state index contributed by atoms with van der Waals surface area (Å²) in [5.74, 6) is -0.383. The zero-order valence-corrected chi connectivity index (χ0v) is 25.8. The summed E-state index contributed by atoms with van der Waals surface area (Å²) in [6.07, 6.45) is 5.96. The molecule has 0 aliphatic carbocycles. The van der Waals surface area contributed by atoms with Gasteiger partial charge in [0.05, 0.1) is 12.8 Å². The number of methoxy groups -OCH3 is 1. The number of unbranched alkanes of at least 4 members (excludes halogenated alkanes) is 2. The summed E-state index contributed by atoms with van der Waals surface area (Å²) in [5, 5.41) is 21.3. The minimum absolute atomic E-state index is 0.176. The van der Waals surface area contributed by atoms with E-state index in [2.05, 4.69) is 24.2 Å². The van der Waals surface area contributed by atoms with Crippen molar-refractivity contribution in [2.24, 2.45) is 4.99 Å². The van der Waals surface area contributed by atoms with Crippen molar-refractivity contribution in [1.82, 2.24) is 9.58 Å². The van der Waals surface area contributed by atoms with Crippen LogP contribution in [0.4, 0.5) is 0 Å². The highest BCUT2D eigenvalue weighted by Gasteiger charge is 2.30. The monoisotopic (exact) mass is 599 g/mol. The van der Waals surface area contributed by atoms with Crippen molar-refractivity contribution in [1.29, 1.82) is 5.26 Å². The molecule has 3 aromatic rings. The van der Waals surface area contributed by atoms with Gasteiger partial charge in [0, 0.05) is 34.7 Å². The van der Waals surface area contributed by atoms with E-state index in [-0.39, 0.29) is 16.6 Å². The zero-order chi connectivity index (χ0) is 30.9. The number of pyridine rings is 1. The number of nitriles is 1. The van der Waals surface area contributed by atoms with Gasteiger partial charge in [-0.25, -0.2) is 0 Å². The fourth-order valence-electron chi connectivity index (χ4n) is 4.76. The molecule has 43 heavy (non-hydrogen) atoms. The van der Waals surface area contributed by atoms with Crippen LogP contribution in [-0.2, 0) is 0 Å². The Balaban J connectivity index is 1.84. The first kappa shape index (κ1) is 31.6. The third-order valence-corrected chi connectivity index (χ3v) is 8.42. The first-order chi connectivity index (χ1) is 20.8. The van der Waals surface area contributed by atoms with E-state index in [1.807, 2.05) is 30.3 Å². The molecular weight excluding hydrogens is 562 g/mol. The largest absolute Gasteiger partial charge is 0.497 e. The van der Waals surface area contributed by atoms with Gasteiger partial charge in [0.1, 0.15) is 17.4 Å². The molecule has 0 fully saturated rings. The van der Waals surface area contributed by atoms with Crippen molar-refractivity contribution in [3.05, 3.63) is 97.7 Å². The molecule has 0 bridgehead atoms. The third-order valence-electron chi connectivity index (χ3n) is 7.24. The molecule has 1 amide bonds. The van der Waals surface area contributed by atoms with Crippen molar-refractivity contribution in [3.63, 3.8) is 0 Å². The van der Waals surface area contributed by atoms with Crippen LogP contribution in [0.25, 0.3) is 6.08 Å². The molecular formula is C33H37N5O4S. The number of rotatable bonds is 12. The van der Waals surface area contributed by atoms with Crippen LogP contribution in [0.2, 0.25) is 0 Å². The predicted molar refractivity (Wildman–Crippen MR) is 172 cm³/mol. The molecule has 1 atom stereocenters. The third kappa shape index (κ3) is 7.19. The normalized spacial score (nSPS) is 15.4. The number of aromatic hydroxyl groups is 1. The Kier molecular flexibility index (Phi) is 10.8. The molecule has 9 nitrogen and oxygen atoms in total. The molecule has 2 N–H and O–H groups in total. The highest BCUT2D eigenvalue weighted by Crippen LogP contribution is 2.39. The van der Waals surface area contributed by atoms with Crippen molar-refractivity contribution in [2.45, 2.75) is 52.0 Å². The van der Waals surface area contributed by atoms with Gasteiger partial charge in [-0.3, -0.25) is 24.9 Å².